The third kappa shape index (κ3) is 5.36. The Bertz CT molecular complexity index is 609. The number of sulfone groups is 1. The first kappa shape index (κ1) is 16.9. The molecule has 1 saturated heterocycles. The molecule has 0 aliphatic carbocycles. The first-order valence-electron chi connectivity index (χ1n) is 7.59. The van der Waals surface area contributed by atoms with Gasteiger partial charge in [-0.3, -0.25) is 0 Å². The van der Waals surface area contributed by atoms with Gasteiger partial charge in [0.15, 0.2) is 0 Å². The summed E-state index contributed by atoms with van der Waals surface area (Å²) in [6.07, 6.45) is 3.62. The quantitative estimate of drug-likeness (QED) is 0.890. The molecule has 7 heteroatoms. The van der Waals surface area contributed by atoms with E-state index in [1.807, 2.05) is 19.1 Å². The fraction of sp³-hybridized carbons (Fsp3) is 0.667. The number of carbonyl (C=O) groups excluding carboxylic acids is 1. The number of nitrogens with one attached hydrogen (secondary N) is 1. The van der Waals surface area contributed by atoms with Crippen LogP contribution in [-0.2, 0) is 16.3 Å². The molecule has 0 radical (unpaired) electrons. The molecule has 2 rings (SSSR count). The normalized spacial score (nSPS) is 19.2. The van der Waals surface area contributed by atoms with E-state index in [1.54, 1.807) is 4.90 Å². The van der Waals surface area contributed by atoms with Crippen LogP contribution in [0, 0.1) is 12.8 Å². The van der Waals surface area contributed by atoms with Crippen LogP contribution < -0.4 is 5.32 Å². The Hall–Kier alpha value is -1.50. The predicted octanol–water partition coefficient (Wildman–Crippen LogP) is 1.60. The van der Waals surface area contributed by atoms with Crippen molar-refractivity contribution in [2.75, 3.05) is 31.6 Å². The Morgan fingerprint density at radius 1 is 1.45 bits per heavy atom. The molecule has 1 N–H and O–H groups in total. The smallest absolute Gasteiger partial charge is 0.317 e. The van der Waals surface area contributed by atoms with Gasteiger partial charge in [0.2, 0.25) is 0 Å². The second-order valence-corrected chi connectivity index (χ2v) is 8.23. The SMILES string of the molecule is Cc1ccc(CCNC(=O)N2CCC[C@@H](CS(C)(=O)=O)C2)o1. The second-order valence-electron chi connectivity index (χ2n) is 6.04. The number of piperidine rings is 1. The molecule has 1 aromatic heterocycles. The molecular formula is C15H24N2O4S. The lowest BCUT2D eigenvalue weighted by Gasteiger charge is -2.32. The Labute approximate surface area is 131 Å². The van der Waals surface area contributed by atoms with Gasteiger partial charge in [-0.2, -0.15) is 0 Å². The maximum atomic E-state index is 12.1. The first-order valence-corrected chi connectivity index (χ1v) is 9.65. The topological polar surface area (TPSA) is 79.6 Å². The molecule has 1 aromatic rings. The zero-order valence-corrected chi connectivity index (χ0v) is 14.0. The van der Waals surface area contributed by atoms with E-state index in [2.05, 4.69) is 5.32 Å². The van der Waals surface area contributed by atoms with E-state index in [1.165, 1.54) is 6.26 Å². The van der Waals surface area contributed by atoms with E-state index in [0.717, 1.165) is 24.4 Å². The number of nitrogens with zero attached hydrogens (tertiary/aromatic N) is 1. The van der Waals surface area contributed by atoms with Crippen LogP contribution in [0.1, 0.15) is 24.4 Å². The van der Waals surface area contributed by atoms with Crippen LogP contribution in [0.4, 0.5) is 4.79 Å². The van der Waals surface area contributed by atoms with Crippen LogP contribution in [-0.4, -0.2) is 51.0 Å². The number of rotatable bonds is 5. The van der Waals surface area contributed by atoms with Crippen molar-refractivity contribution in [2.24, 2.45) is 5.92 Å². The number of hydrogen-bond acceptors (Lipinski definition) is 4. The monoisotopic (exact) mass is 328 g/mol. The van der Waals surface area contributed by atoms with Gasteiger partial charge >= 0.3 is 6.03 Å². The highest BCUT2D eigenvalue weighted by Crippen LogP contribution is 2.18. The number of hydrogen-bond donors (Lipinski definition) is 1. The minimum atomic E-state index is -2.99. The predicted molar refractivity (Wildman–Crippen MR) is 84.6 cm³/mol. The summed E-state index contributed by atoms with van der Waals surface area (Å²) in [6, 6.07) is 3.68. The van der Waals surface area contributed by atoms with Gasteiger partial charge in [0, 0.05) is 32.3 Å². The van der Waals surface area contributed by atoms with E-state index in [-0.39, 0.29) is 17.7 Å². The molecule has 22 heavy (non-hydrogen) atoms. The second kappa shape index (κ2) is 7.17. The maximum absolute atomic E-state index is 12.1. The molecule has 2 heterocycles. The highest BCUT2D eigenvalue weighted by atomic mass is 32.2. The molecule has 2 amide bonds. The molecule has 1 aliphatic heterocycles. The maximum Gasteiger partial charge on any atom is 0.317 e. The molecule has 0 bridgehead atoms. The Morgan fingerprint density at radius 3 is 2.86 bits per heavy atom. The highest BCUT2D eigenvalue weighted by molar-refractivity contribution is 7.90. The molecule has 124 valence electrons. The van der Waals surface area contributed by atoms with Crippen molar-refractivity contribution in [3.8, 4) is 0 Å². The fourth-order valence-electron chi connectivity index (χ4n) is 2.84. The average Bonchev–Trinajstić information content (AvgIpc) is 2.83. The lowest BCUT2D eigenvalue weighted by atomic mass is 10.0. The van der Waals surface area contributed by atoms with Gasteiger partial charge in [0.1, 0.15) is 21.4 Å². The zero-order chi connectivity index (χ0) is 16.2. The number of urea groups is 1. The van der Waals surface area contributed by atoms with Crippen LogP contribution in [0.2, 0.25) is 0 Å². The molecule has 1 atom stereocenters. The Morgan fingerprint density at radius 2 is 2.23 bits per heavy atom. The van der Waals surface area contributed by atoms with Gasteiger partial charge < -0.3 is 14.6 Å². The average molecular weight is 328 g/mol. The lowest BCUT2D eigenvalue weighted by molar-refractivity contribution is 0.170. The van der Waals surface area contributed by atoms with Crippen LogP contribution in [0.25, 0.3) is 0 Å². The summed E-state index contributed by atoms with van der Waals surface area (Å²) in [6.45, 7) is 3.60. The zero-order valence-electron chi connectivity index (χ0n) is 13.2. The van der Waals surface area contributed by atoms with Crippen molar-refractivity contribution in [1.82, 2.24) is 10.2 Å². The number of likely N-dealkylation sites (tertiary alicyclic amines) is 1. The van der Waals surface area contributed by atoms with Crippen molar-refractivity contribution in [3.63, 3.8) is 0 Å². The molecule has 0 saturated carbocycles. The van der Waals surface area contributed by atoms with Crippen molar-refractivity contribution < 1.29 is 17.6 Å². The van der Waals surface area contributed by atoms with E-state index in [4.69, 9.17) is 4.42 Å². The Kier molecular flexibility index (Phi) is 5.50. The van der Waals surface area contributed by atoms with Gasteiger partial charge in [-0.25, -0.2) is 13.2 Å². The highest BCUT2D eigenvalue weighted by Gasteiger charge is 2.25. The van der Waals surface area contributed by atoms with Gasteiger partial charge in [-0.15, -0.1) is 0 Å². The van der Waals surface area contributed by atoms with E-state index >= 15 is 0 Å². The number of furan rings is 1. The minimum absolute atomic E-state index is 0.0437. The summed E-state index contributed by atoms with van der Waals surface area (Å²) in [5.74, 6) is 1.91. The van der Waals surface area contributed by atoms with E-state index < -0.39 is 9.84 Å². The summed E-state index contributed by atoms with van der Waals surface area (Å²) < 4.78 is 28.2. The molecule has 6 nitrogen and oxygen atoms in total. The van der Waals surface area contributed by atoms with Gasteiger partial charge in [-0.05, 0) is 37.8 Å². The van der Waals surface area contributed by atoms with Crippen molar-refractivity contribution >= 4 is 15.9 Å². The molecular weight excluding hydrogens is 304 g/mol. The summed E-state index contributed by atoms with van der Waals surface area (Å²) in [5.41, 5.74) is 0. The summed E-state index contributed by atoms with van der Waals surface area (Å²) >= 11 is 0. The van der Waals surface area contributed by atoms with Gasteiger partial charge in [0.25, 0.3) is 0 Å². The van der Waals surface area contributed by atoms with Crippen molar-refractivity contribution in [3.05, 3.63) is 23.7 Å². The molecule has 0 spiro atoms. The standard InChI is InChI=1S/C15H24N2O4S/c1-12-5-6-14(21-12)7-8-16-15(18)17-9-3-4-13(10-17)11-22(2,19)20/h5-6,13H,3-4,7-11H2,1-2H3,(H,16,18)/t13-/m1/s1. The molecule has 1 fully saturated rings. The number of aryl methyl sites for hydroxylation is 1. The summed E-state index contributed by atoms with van der Waals surface area (Å²) in [7, 11) is -2.99. The lowest BCUT2D eigenvalue weighted by Crippen LogP contribution is -2.47. The van der Waals surface area contributed by atoms with Gasteiger partial charge in [0.05, 0.1) is 5.75 Å². The number of amides is 2. The molecule has 0 unspecified atom stereocenters. The molecule has 0 aromatic carbocycles. The third-order valence-corrected chi connectivity index (χ3v) is 4.87. The van der Waals surface area contributed by atoms with Crippen LogP contribution in [0.3, 0.4) is 0 Å². The minimum Gasteiger partial charge on any atom is -0.466 e. The third-order valence-electron chi connectivity index (χ3n) is 3.79. The van der Waals surface area contributed by atoms with E-state index in [0.29, 0.717) is 26.1 Å². The van der Waals surface area contributed by atoms with Crippen LogP contribution in [0.5, 0.6) is 0 Å². The fourth-order valence-corrected chi connectivity index (χ4v) is 3.97. The van der Waals surface area contributed by atoms with Crippen molar-refractivity contribution in [1.29, 1.82) is 0 Å². The summed E-state index contributed by atoms with van der Waals surface area (Å²) in [4.78, 5) is 13.9. The Balaban J connectivity index is 1.76. The number of carbonyl (C=O) groups is 1. The van der Waals surface area contributed by atoms with Crippen LogP contribution >= 0.6 is 0 Å². The largest absolute Gasteiger partial charge is 0.466 e. The van der Waals surface area contributed by atoms with Gasteiger partial charge in [-0.1, -0.05) is 0 Å². The van der Waals surface area contributed by atoms with Crippen LogP contribution in [0.15, 0.2) is 16.5 Å². The van der Waals surface area contributed by atoms with E-state index in [9.17, 15) is 13.2 Å². The molecule has 1 aliphatic rings. The van der Waals surface area contributed by atoms with Crippen molar-refractivity contribution in [2.45, 2.75) is 26.2 Å². The first-order chi connectivity index (χ1) is 10.3. The summed E-state index contributed by atoms with van der Waals surface area (Å²) in [5, 5.41) is 2.87.